The summed E-state index contributed by atoms with van der Waals surface area (Å²) in [6, 6.07) is 7.85. The van der Waals surface area contributed by atoms with Crippen molar-refractivity contribution in [3.63, 3.8) is 0 Å². The molecular formula is C13H18N4. The smallest absolute Gasteiger partial charge is 0.149 e. The third kappa shape index (κ3) is 2.25. The molecule has 0 fully saturated rings. The van der Waals surface area contributed by atoms with Gasteiger partial charge in [0.25, 0.3) is 0 Å². The van der Waals surface area contributed by atoms with Crippen LogP contribution in [0.25, 0.3) is 10.9 Å². The van der Waals surface area contributed by atoms with E-state index < -0.39 is 0 Å². The topological polar surface area (TPSA) is 77.0 Å². The van der Waals surface area contributed by atoms with Gasteiger partial charge in [0, 0.05) is 11.9 Å². The number of rotatable bonds is 3. The highest BCUT2D eigenvalue weighted by molar-refractivity contribution is 6.00. The predicted molar refractivity (Wildman–Crippen MR) is 73.9 cm³/mol. The number of nitrogens with one attached hydrogen (secondary N) is 1. The van der Waals surface area contributed by atoms with E-state index >= 15 is 0 Å². The maximum atomic E-state index is 5.98. The molecule has 1 heterocycles. The fraction of sp³-hybridized carbons (Fsp3) is 0.308. The normalized spacial score (nSPS) is 11.0. The summed E-state index contributed by atoms with van der Waals surface area (Å²) in [7, 11) is 0. The van der Waals surface area contributed by atoms with Gasteiger partial charge in [-0.25, -0.2) is 4.98 Å². The average Bonchev–Trinajstić information content (AvgIpc) is 2.29. The highest BCUT2D eigenvalue weighted by atomic mass is 15.0. The molecule has 5 N–H and O–H groups in total. The van der Waals surface area contributed by atoms with Gasteiger partial charge < -0.3 is 16.8 Å². The molecule has 0 spiro atoms. The minimum Gasteiger partial charge on any atom is -0.394 e. The molecule has 4 heteroatoms. The first-order valence-corrected chi connectivity index (χ1v) is 5.77. The van der Waals surface area contributed by atoms with Gasteiger partial charge in [-0.15, -0.1) is 0 Å². The average molecular weight is 230 g/mol. The molecule has 1 aromatic heterocycles. The van der Waals surface area contributed by atoms with Crippen LogP contribution in [0, 0.1) is 5.92 Å². The van der Waals surface area contributed by atoms with Crippen LogP contribution in [0.4, 0.5) is 17.2 Å². The Bertz CT molecular complexity index is 534. The standard InChI is InChI=1S/C13H18N4/c1-8(2)7-16-12-9-5-3-4-6-10(9)17-13(15)11(12)14/h3-6,8H,7,14H2,1-2H3,(H3,15,16,17). The highest BCUT2D eigenvalue weighted by Gasteiger charge is 2.10. The number of nitrogens with two attached hydrogens (primary N) is 2. The second kappa shape index (κ2) is 4.49. The summed E-state index contributed by atoms with van der Waals surface area (Å²) in [5.41, 5.74) is 14.1. The Morgan fingerprint density at radius 3 is 2.65 bits per heavy atom. The maximum absolute atomic E-state index is 5.98. The summed E-state index contributed by atoms with van der Waals surface area (Å²) in [6.45, 7) is 5.16. The van der Waals surface area contributed by atoms with Gasteiger partial charge in [-0.2, -0.15) is 0 Å². The van der Waals surface area contributed by atoms with Crippen LogP contribution in [0.2, 0.25) is 0 Å². The van der Waals surface area contributed by atoms with Gasteiger partial charge >= 0.3 is 0 Å². The molecule has 0 aliphatic heterocycles. The summed E-state index contributed by atoms with van der Waals surface area (Å²) in [5.74, 6) is 0.928. The van der Waals surface area contributed by atoms with E-state index in [1.54, 1.807) is 0 Å². The van der Waals surface area contributed by atoms with Crippen molar-refractivity contribution < 1.29 is 0 Å². The molecule has 0 unspecified atom stereocenters. The van der Waals surface area contributed by atoms with Crippen LogP contribution in [0.5, 0.6) is 0 Å². The summed E-state index contributed by atoms with van der Waals surface area (Å²) in [6.07, 6.45) is 0. The van der Waals surface area contributed by atoms with Crippen molar-refractivity contribution in [2.45, 2.75) is 13.8 Å². The zero-order valence-corrected chi connectivity index (χ0v) is 10.2. The molecule has 0 amide bonds. The number of hydrogen-bond acceptors (Lipinski definition) is 4. The third-order valence-corrected chi connectivity index (χ3v) is 2.65. The van der Waals surface area contributed by atoms with E-state index in [1.165, 1.54) is 0 Å². The van der Waals surface area contributed by atoms with Gasteiger partial charge in [0.1, 0.15) is 5.82 Å². The zero-order chi connectivity index (χ0) is 12.4. The van der Waals surface area contributed by atoms with Crippen molar-refractivity contribution in [1.82, 2.24) is 4.98 Å². The van der Waals surface area contributed by atoms with Crippen LogP contribution >= 0.6 is 0 Å². The number of benzene rings is 1. The van der Waals surface area contributed by atoms with Gasteiger partial charge in [0.05, 0.1) is 16.9 Å². The van der Waals surface area contributed by atoms with E-state index in [0.717, 1.165) is 23.1 Å². The Balaban J connectivity index is 2.53. The second-order valence-electron chi connectivity index (χ2n) is 4.58. The number of pyridine rings is 1. The van der Waals surface area contributed by atoms with E-state index in [4.69, 9.17) is 11.5 Å². The minimum absolute atomic E-state index is 0.384. The molecule has 17 heavy (non-hydrogen) atoms. The molecular weight excluding hydrogens is 212 g/mol. The van der Waals surface area contributed by atoms with Gasteiger partial charge in [-0.1, -0.05) is 32.0 Å². The SMILES string of the molecule is CC(C)CNc1c(N)c(N)nc2ccccc12. The van der Waals surface area contributed by atoms with Crippen LogP contribution in [0.1, 0.15) is 13.8 Å². The molecule has 0 atom stereocenters. The first kappa shape index (κ1) is 11.5. The molecule has 2 aromatic rings. The van der Waals surface area contributed by atoms with E-state index in [0.29, 0.717) is 17.4 Å². The second-order valence-corrected chi connectivity index (χ2v) is 4.58. The van der Waals surface area contributed by atoms with Crippen LogP contribution in [0.3, 0.4) is 0 Å². The van der Waals surface area contributed by atoms with E-state index in [2.05, 4.69) is 24.1 Å². The predicted octanol–water partition coefficient (Wildman–Crippen LogP) is 2.47. The van der Waals surface area contributed by atoms with Crippen LogP contribution in [-0.4, -0.2) is 11.5 Å². The number of nitrogen functional groups attached to an aromatic ring is 2. The molecule has 2 rings (SSSR count). The first-order chi connectivity index (χ1) is 8.09. The Labute approximate surface area is 101 Å². The van der Waals surface area contributed by atoms with Crippen molar-refractivity contribution in [2.75, 3.05) is 23.3 Å². The van der Waals surface area contributed by atoms with E-state index in [1.807, 2.05) is 24.3 Å². The molecule has 0 saturated heterocycles. The lowest BCUT2D eigenvalue weighted by atomic mass is 10.1. The summed E-state index contributed by atoms with van der Waals surface area (Å²) in [4.78, 5) is 4.28. The van der Waals surface area contributed by atoms with Gasteiger partial charge in [-0.3, -0.25) is 0 Å². The minimum atomic E-state index is 0.384. The summed E-state index contributed by atoms with van der Waals surface area (Å²) >= 11 is 0. The van der Waals surface area contributed by atoms with Crippen LogP contribution in [-0.2, 0) is 0 Å². The number of nitrogens with zero attached hydrogens (tertiary/aromatic N) is 1. The van der Waals surface area contributed by atoms with E-state index in [-0.39, 0.29) is 0 Å². The number of anilines is 3. The Kier molecular flexibility index (Phi) is 3.04. The quantitative estimate of drug-likeness (QED) is 0.757. The number of fused-ring (bicyclic) bond motifs is 1. The van der Waals surface area contributed by atoms with Gasteiger partial charge in [0.15, 0.2) is 0 Å². The van der Waals surface area contributed by atoms with Crippen molar-refractivity contribution in [2.24, 2.45) is 5.92 Å². The first-order valence-electron chi connectivity index (χ1n) is 5.77. The highest BCUT2D eigenvalue weighted by Crippen LogP contribution is 2.31. The molecule has 90 valence electrons. The fourth-order valence-electron chi connectivity index (χ4n) is 1.74. The molecule has 0 aliphatic carbocycles. The number of aromatic nitrogens is 1. The van der Waals surface area contributed by atoms with Crippen LogP contribution in [0.15, 0.2) is 24.3 Å². The maximum Gasteiger partial charge on any atom is 0.149 e. The van der Waals surface area contributed by atoms with E-state index in [9.17, 15) is 0 Å². The molecule has 0 bridgehead atoms. The molecule has 4 nitrogen and oxygen atoms in total. The van der Waals surface area contributed by atoms with Crippen molar-refractivity contribution in [3.05, 3.63) is 24.3 Å². The summed E-state index contributed by atoms with van der Waals surface area (Å²) in [5, 5.41) is 4.36. The lowest BCUT2D eigenvalue weighted by Gasteiger charge is -2.15. The van der Waals surface area contributed by atoms with Crippen molar-refractivity contribution in [1.29, 1.82) is 0 Å². The molecule has 0 saturated carbocycles. The summed E-state index contributed by atoms with van der Waals surface area (Å²) < 4.78 is 0. The zero-order valence-electron chi connectivity index (χ0n) is 10.2. The molecule has 0 radical (unpaired) electrons. The largest absolute Gasteiger partial charge is 0.394 e. The third-order valence-electron chi connectivity index (χ3n) is 2.65. The lowest BCUT2D eigenvalue weighted by molar-refractivity contribution is 0.689. The molecule has 1 aromatic carbocycles. The number of para-hydroxylation sites is 1. The monoisotopic (exact) mass is 230 g/mol. The Morgan fingerprint density at radius 2 is 1.94 bits per heavy atom. The van der Waals surface area contributed by atoms with Crippen molar-refractivity contribution in [3.8, 4) is 0 Å². The Hall–Kier alpha value is -1.97. The lowest BCUT2D eigenvalue weighted by Crippen LogP contribution is -2.11. The Morgan fingerprint density at radius 1 is 1.24 bits per heavy atom. The van der Waals surface area contributed by atoms with Crippen LogP contribution < -0.4 is 16.8 Å². The van der Waals surface area contributed by atoms with Gasteiger partial charge in [-0.05, 0) is 12.0 Å². The fourth-order valence-corrected chi connectivity index (χ4v) is 1.74. The van der Waals surface area contributed by atoms with Crippen molar-refractivity contribution >= 4 is 28.1 Å². The van der Waals surface area contributed by atoms with Gasteiger partial charge in [0.2, 0.25) is 0 Å². The number of hydrogen-bond donors (Lipinski definition) is 3. The molecule has 0 aliphatic rings.